The van der Waals surface area contributed by atoms with Gasteiger partial charge in [0.1, 0.15) is 0 Å². The highest BCUT2D eigenvalue weighted by atomic mass is 15.3. The smallest absolute Gasteiger partial charge is 0.0801 e. The molecule has 0 aliphatic carbocycles. The van der Waals surface area contributed by atoms with Crippen LogP contribution in [0.5, 0.6) is 0 Å². The molecular weight excluding hydrogens is 234 g/mol. The first-order valence-electron chi connectivity index (χ1n) is 7.10. The second-order valence-electron chi connectivity index (χ2n) is 4.94. The van der Waals surface area contributed by atoms with E-state index in [1.165, 1.54) is 0 Å². The van der Waals surface area contributed by atoms with Crippen LogP contribution in [0.4, 0.5) is 0 Å². The number of para-hydroxylation sites is 1. The van der Waals surface area contributed by atoms with Crippen LogP contribution in [0.1, 0.15) is 38.9 Å². The van der Waals surface area contributed by atoms with E-state index >= 15 is 0 Å². The maximum atomic E-state index is 4.72. The number of hydrogen-bond donors (Lipinski definition) is 1. The predicted octanol–water partition coefficient (Wildman–Crippen LogP) is 3.57. The van der Waals surface area contributed by atoms with Crippen LogP contribution in [0.15, 0.2) is 42.6 Å². The van der Waals surface area contributed by atoms with Crippen molar-refractivity contribution in [1.82, 2.24) is 15.1 Å². The molecule has 1 heterocycles. The van der Waals surface area contributed by atoms with E-state index in [-0.39, 0.29) is 0 Å². The van der Waals surface area contributed by atoms with Gasteiger partial charge in [0.2, 0.25) is 0 Å². The lowest BCUT2D eigenvalue weighted by Gasteiger charge is -2.21. The summed E-state index contributed by atoms with van der Waals surface area (Å²) in [5.74, 6) is 0.582. The lowest BCUT2D eigenvalue weighted by Crippen LogP contribution is -2.27. The Morgan fingerprint density at radius 2 is 1.89 bits per heavy atom. The number of benzene rings is 1. The molecule has 19 heavy (non-hydrogen) atoms. The largest absolute Gasteiger partial charge is 0.309 e. The summed E-state index contributed by atoms with van der Waals surface area (Å²) in [5, 5.41) is 8.26. The minimum absolute atomic E-state index is 0.333. The van der Waals surface area contributed by atoms with Gasteiger partial charge in [-0.05, 0) is 30.7 Å². The van der Waals surface area contributed by atoms with Gasteiger partial charge in [-0.3, -0.25) is 0 Å². The molecule has 1 N–H and O–H groups in total. The second-order valence-corrected chi connectivity index (χ2v) is 4.94. The molecule has 0 amide bonds. The van der Waals surface area contributed by atoms with Gasteiger partial charge >= 0.3 is 0 Å². The van der Waals surface area contributed by atoms with Gasteiger partial charge in [-0.1, -0.05) is 45.4 Å². The van der Waals surface area contributed by atoms with Crippen molar-refractivity contribution in [1.29, 1.82) is 0 Å². The molecule has 0 bridgehead atoms. The molecule has 0 spiro atoms. The van der Waals surface area contributed by atoms with Crippen molar-refractivity contribution in [3.63, 3.8) is 0 Å². The molecule has 102 valence electrons. The highest BCUT2D eigenvalue weighted by Crippen LogP contribution is 2.23. The van der Waals surface area contributed by atoms with Crippen LogP contribution in [-0.4, -0.2) is 16.3 Å². The van der Waals surface area contributed by atoms with Gasteiger partial charge in [0.05, 0.1) is 17.4 Å². The molecule has 0 radical (unpaired) electrons. The van der Waals surface area contributed by atoms with Crippen molar-refractivity contribution in [2.24, 2.45) is 5.92 Å². The van der Waals surface area contributed by atoms with Gasteiger partial charge < -0.3 is 5.32 Å². The van der Waals surface area contributed by atoms with E-state index in [1.54, 1.807) is 0 Å². The summed E-state index contributed by atoms with van der Waals surface area (Å²) < 4.78 is 1.95. The Balaban J connectivity index is 2.23. The van der Waals surface area contributed by atoms with Crippen LogP contribution in [0.25, 0.3) is 5.69 Å². The van der Waals surface area contributed by atoms with E-state index < -0.39 is 0 Å². The summed E-state index contributed by atoms with van der Waals surface area (Å²) in [6, 6.07) is 12.7. The molecule has 3 heteroatoms. The zero-order valence-corrected chi connectivity index (χ0v) is 12.0. The number of nitrogens with one attached hydrogen (secondary N) is 1. The summed E-state index contributed by atoms with van der Waals surface area (Å²) in [6.45, 7) is 7.61. The van der Waals surface area contributed by atoms with Crippen molar-refractivity contribution < 1.29 is 0 Å². The first-order valence-corrected chi connectivity index (χ1v) is 7.10. The van der Waals surface area contributed by atoms with E-state index in [0.29, 0.717) is 12.0 Å². The third-order valence-electron chi connectivity index (χ3n) is 3.59. The second kappa shape index (κ2) is 6.53. The van der Waals surface area contributed by atoms with Crippen LogP contribution in [0.3, 0.4) is 0 Å². The number of nitrogens with zero attached hydrogens (tertiary/aromatic N) is 2. The quantitative estimate of drug-likeness (QED) is 0.857. The van der Waals surface area contributed by atoms with E-state index in [2.05, 4.69) is 44.3 Å². The van der Waals surface area contributed by atoms with Crippen molar-refractivity contribution in [2.75, 3.05) is 6.54 Å². The monoisotopic (exact) mass is 257 g/mol. The van der Waals surface area contributed by atoms with Crippen molar-refractivity contribution in [2.45, 2.75) is 33.2 Å². The highest BCUT2D eigenvalue weighted by molar-refractivity contribution is 5.30. The number of rotatable bonds is 6. The minimum Gasteiger partial charge on any atom is -0.309 e. The Labute approximate surface area is 115 Å². The Morgan fingerprint density at radius 3 is 2.53 bits per heavy atom. The van der Waals surface area contributed by atoms with Gasteiger partial charge in [0.25, 0.3) is 0 Å². The van der Waals surface area contributed by atoms with E-state index in [4.69, 9.17) is 5.10 Å². The topological polar surface area (TPSA) is 29.9 Å². The first-order chi connectivity index (χ1) is 9.26. The molecule has 2 unspecified atom stereocenters. The molecule has 2 atom stereocenters. The molecule has 0 fully saturated rings. The van der Waals surface area contributed by atoms with Crippen LogP contribution >= 0.6 is 0 Å². The molecule has 0 saturated carbocycles. The van der Waals surface area contributed by atoms with Crippen molar-refractivity contribution in [3.8, 4) is 5.69 Å². The SMILES string of the molecule is CCNC(c1ccn(-c2ccccc2)n1)C(C)CC. The van der Waals surface area contributed by atoms with Crippen molar-refractivity contribution in [3.05, 3.63) is 48.3 Å². The van der Waals surface area contributed by atoms with E-state index in [9.17, 15) is 0 Å². The van der Waals surface area contributed by atoms with Gasteiger partial charge in [-0.15, -0.1) is 0 Å². The van der Waals surface area contributed by atoms with Gasteiger partial charge in [-0.25, -0.2) is 4.68 Å². The lowest BCUT2D eigenvalue weighted by atomic mass is 9.96. The molecular formula is C16H23N3. The Hall–Kier alpha value is -1.61. The summed E-state index contributed by atoms with van der Waals surface area (Å²) in [5.41, 5.74) is 2.23. The Morgan fingerprint density at radius 1 is 1.16 bits per heavy atom. The Kier molecular flexibility index (Phi) is 4.74. The fraction of sp³-hybridized carbons (Fsp3) is 0.438. The zero-order chi connectivity index (χ0) is 13.7. The van der Waals surface area contributed by atoms with Crippen molar-refractivity contribution >= 4 is 0 Å². The normalized spacial score (nSPS) is 14.3. The highest BCUT2D eigenvalue weighted by Gasteiger charge is 2.19. The number of aromatic nitrogens is 2. The van der Waals surface area contributed by atoms with Crippen LogP contribution in [0, 0.1) is 5.92 Å². The fourth-order valence-corrected chi connectivity index (χ4v) is 2.28. The Bertz CT molecular complexity index is 490. The molecule has 0 saturated heterocycles. The molecule has 1 aromatic heterocycles. The third-order valence-corrected chi connectivity index (χ3v) is 3.59. The summed E-state index contributed by atoms with van der Waals surface area (Å²) in [4.78, 5) is 0. The first kappa shape index (κ1) is 13.8. The van der Waals surface area contributed by atoms with E-state index in [1.807, 2.05) is 29.1 Å². The van der Waals surface area contributed by atoms with Gasteiger partial charge in [0.15, 0.2) is 0 Å². The minimum atomic E-state index is 0.333. The number of hydrogen-bond acceptors (Lipinski definition) is 2. The fourth-order valence-electron chi connectivity index (χ4n) is 2.28. The lowest BCUT2D eigenvalue weighted by molar-refractivity contribution is 0.375. The van der Waals surface area contributed by atoms with Gasteiger partial charge in [0, 0.05) is 6.20 Å². The average molecular weight is 257 g/mol. The predicted molar refractivity (Wildman–Crippen MR) is 79.4 cm³/mol. The molecule has 0 aliphatic rings. The summed E-state index contributed by atoms with van der Waals surface area (Å²) in [7, 11) is 0. The standard InChI is InChI=1S/C16H23N3/c1-4-13(3)16(17-5-2)15-11-12-19(18-15)14-9-7-6-8-10-14/h6-13,16-17H,4-5H2,1-3H3. The molecule has 1 aromatic carbocycles. The molecule has 2 aromatic rings. The summed E-state index contributed by atoms with van der Waals surface area (Å²) in [6.07, 6.45) is 3.19. The maximum Gasteiger partial charge on any atom is 0.0801 e. The average Bonchev–Trinajstić information content (AvgIpc) is 2.94. The van der Waals surface area contributed by atoms with Crippen LogP contribution < -0.4 is 5.32 Å². The maximum absolute atomic E-state index is 4.72. The van der Waals surface area contributed by atoms with Crippen LogP contribution in [-0.2, 0) is 0 Å². The zero-order valence-electron chi connectivity index (χ0n) is 12.0. The molecule has 0 aliphatic heterocycles. The molecule has 2 rings (SSSR count). The third kappa shape index (κ3) is 3.24. The molecule has 3 nitrogen and oxygen atoms in total. The summed E-state index contributed by atoms with van der Waals surface area (Å²) >= 11 is 0. The van der Waals surface area contributed by atoms with Gasteiger partial charge in [-0.2, -0.15) is 5.10 Å². The van der Waals surface area contributed by atoms with E-state index in [0.717, 1.165) is 24.3 Å². The van der Waals surface area contributed by atoms with Crippen LogP contribution in [0.2, 0.25) is 0 Å².